The maximum atomic E-state index is 12.9. The first-order valence-corrected chi connectivity index (χ1v) is 10.5. The summed E-state index contributed by atoms with van der Waals surface area (Å²) in [7, 11) is -3.51. The molecule has 0 unspecified atom stereocenters. The van der Waals surface area contributed by atoms with E-state index in [1.807, 2.05) is 19.9 Å². The lowest BCUT2D eigenvalue weighted by molar-refractivity contribution is -0.165. The molecule has 2 fully saturated rings. The van der Waals surface area contributed by atoms with Gasteiger partial charge in [-0.15, -0.1) is 0 Å². The smallest absolute Gasteiger partial charge is 0.243 e. The van der Waals surface area contributed by atoms with Gasteiger partial charge in [0.05, 0.1) is 23.3 Å². The number of rotatable bonds is 4. The van der Waals surface area contributed by atoms with Gasteiger partial charge in [0, 0.05) is 38.3 Å². The third-order valence-electron chi connectivity index (χ3n) is 5.04. The van der Waals surface area contributed by atoms with Gasteiger partial charge in [-0.2, -0.15) is 4.31 Å². The number of sulfonamides is 1. The van der Waals surface area contributed by atoms with Crippen molar-refractivity contribution in [3.63, 3.8) is 0 Å². The topological polar surface area (TPSA) is 81.6 Å². The number of benzene rings is 1. The van der Waals surface area contributed by atoms with Gasteiger partial charge in [0.15, 0.2) is 0 Å². The lowest BCUT2D eigenvalue weighted by Crippen LogP contribution is -2.67. The molecule has 1 atom stereocenters. The van der Waals surface area contributed by atoms with E-state index in [1.165, 1.54) is 4.31 Å². The van der Waals surface area contributed by atoms with E-state index in [1.54, 1.807) is 30.7 Å². The molecular formula is C19H23N3O4S. The Balaban J connectivity index is 1.44. The van der Waals surface area contributed by atoms with E-state index in [9.17, 15) is 8.42 Å². The standard InChI is InChI=1S/C19H23N3O4S/c1-14-7-15(2)9-17(8-14)27(23,24)22-12-19(13-22)10-16(3-6-25-19)26-18-11-20-4-5-21-18/h4-5,7-9,11,16H,3,6,10,12-13H2,1-2H3/t16-/m0/s1. The van der Waals surface area contributed by atoms with Crippen molar-refractivity contribution in [2.75, 3.05) is 19.7 Å². The minimum atomic E-state index is -3.51. The van der Waals surface area contributed by atoms with E-state index < -0.39 is 15.6 Å². The van der Waals surface area contributed by atoms with E-state index >= 15 is 0 Å². The Morgan fingerprint density at radius 1 is 1.19 bits per heavy atom. The Morgan fingerprint density at radius 2 is 1.93 bits per heavy atom. The molecule has 0 N–H and O–H groups in total. The van der Waals surface area contributed by atoms with Crippen molar-refractivity contribution in [3.05, 3.63) is 47.9 Å². The molecule has 0 aliphatic carbocycles. The molecule has 8 heteroatoms. The molecule has 0 radical (unpaired) electrons. The highest BCUT2D eigenvalue weighted by Crippen LogP contribution is 2.38. The number of aromatic nitrogens is 2. The second-order valence-corrected chi connectivity index (χ2v) is 9.34. The fourth-order valence-electron chi connectivity index (χ4n) is 3.82. The van der Waals surface area contributed by atoms with Crippen LogP contribution in [0.15, 0.2) is 41.7 Å². The summed E-state index contributed by atoms with van der Waals surface area (Å²) < 4.78 is 39.2. The van der Waals surface area contributed by atoms with Crippen molar-refractivity contribution in [3.8, 4) is 5.88 Å². The Kier molecular flexibility index (Phi) is 4.65. The second kappa shape index (κ2) is 6.85. The Bertz CT molecular complexity index is 907. The Hall–Kier alpha value is -2.03. The van der Waals surface area contributed by atoms with Crippen LogP contribution < -0.4 is 4.74 Å². The highest BCUT2D eigenvalue weighted by atomic mass is 32.2. The average molecular weight is 389 g/mol. The fraction of sp³-hybridized carbons (Fsp3) is 0.474. The third kappa shape index (κ3) is 3.69. The van der Waals surface area contributed by atoms with Crippen molar-refractivity contribution in [2.24, 2.45) is 0 Å². The normalized spacial score (nSPS) is 22.4. The predicted molar refractivity (Wildman–Crippen MR) is 99.0 cm³/mol. The van der Waals surface area contributed by atoms with Crippen LogP contribution in [0.4, 0.5) is 0 Å². The van der Waals surface area contributed by atoms with E-state index in [-0.39, 0.29) is 6.10 Å². The SMILES string of the molecule is Cc1cc(C)cc(S(=O)(=O)N2CC3(C[C@@H](Oc4cnccn4)CCO3)C2)c1. The third-order valence-corrected chi connectivity index (χ3v) is 6.81. The monoisotopic (exact) mass is 389 g/mol. The van der Waals surface area contributed by atoms with E-state index in [2.05, 4.69) is 9.97 Å². The molecule has 4 rings (SSSR count). The Morgan fingerprint density at radius 3 is 2.59 bits per heavy atom. The number of nitrogens with zero attached hydrogens (tertiary/aromatic N) is 3. The van der Waals surface area contributed by atoms with Crippen LogP contribution in [0, 0.1) is 13.8 Å². The van der Waals surface area contributed by atoms with Crippen LogP contribution in [-0.2, 0) is 14.8 Å². The van der Waals surface area contributed by atoms with Crippen LogP contribution in [0.5, 0.6) is 5.88 Å². The van der Waals surface area contributed by atoms with E-state index in [0.29, 0.717) is 36.9 Å². The summed E-state index contributed by atoms with van der Waals surface area (Å²) in [5.74, 6) is 0.485. The summed E-state index contributed by atoms with van der Waals surface area (Å²) in [6.45, 7) is 5.05. The lowest BCUT2D eigenvalue weighted by atomic mass is 9.86. The fourth-order valence-corrected chi connectivity index (χ4v) is 5.60. The largest absolute Gasteiger partial charge is 0.473 e. The average Bonchev–Trinajstić information content (AvgIpc) is 2.60. The quantitative estimate of drug-likeness (QED) is 0.796. The van der Waals surface area contributed by atoms with Gasteiger partial charge in [-0.3, -0.25) is 4.98 Å². The molecule has 2 aliphatic rings. The van der Waals surface area contributed by atoms with Crippen LogP contribution in [0.2, 0.25) is 0 Å². The zero-order valence-electron chi connectivity index (χ0n) is 15.5. The first kappa shape index (κ1) is 18.3. The summed E-state index contributed by atoms with van der Waals surface area (Å²) in [6, 6.07) is 5.40. The number of hydrogen-bond donors (Lipinski definition) is 0. The maximum absolute atomic E-state index is 12.9. The van der Waals surface area contributed by atoms with Crippen molar-refractivity contribution >= 4 is 10.0 Å². The van der Waals surface area contributed by atoms with Crippen molar-refractivity contribution < 1.29 is 17.9 Å². The predicted octanol–water partition coefficient (Wildman–Crippen LogP) is 2.09. The zero-order chi connectivity index (χ0) is 19.1. The highest BCUT2D eigenvalue weighted by Gasteiger charge is 2.52. The Labute approximate surface area is 159 Å². The van der Waals surface area contributed by atoms with E-state index in [4.69, 9.17) is 9.47 Å². The van der Waals surface area contributed by atoms with Crippen LogP contribution in [0.25, 0.3) is 0 Å². The number of aryl methyl sites for hydroxylation is 2. The summed E-state index contributed by atoms with van der Waals surface area (Å²) in [4.78, 5) is 8.49. The van der Waals surface area contributed by atoms with Crippen molar-refractivity contribution in [1.82, 2.24) is 14.3 Å². The zero-order valence-corrected chi connectivity index (χ0v) is 16.3. The minimum Gasteiger partial charge on any atom is -0.473 e. The van der Waals surface area contributed by atoms with Crippen LogP contribution >= 0.6 is 0 Å². The molecule has 2 aromatic rings. The van der Waals surface area contributed by atoms with Gasteiger partial charge < -0.3 is 9.47 Å². The summed E-state index contributed by atoms with van der Waals surface area (Å²) >= 11 is 0. The van der Waals surface area contributed by atoms with Crippen LogP contribution in [0.1, 0.15) is 24.0 Å². The molecule has 0 saturated carbocycles. The molecule has 0 bridgehead atoms. The highest BCUT2D eigenvalue weighted by molar-refractivity contribution is 7.89. The molecule has 1 aromatic heterocycles. The molecule has 7 nitrogen and oxygen atoms in total. The number of hydrogen-bond acceptors (Lipinski definition) is 6. The van der Waals surface area contributed by atoms with E-state index in [0.717, 1.165) is 17.5 Å². The molecule has 1 spiro atoms. The van der Waals surface area contributed by atoms with Gasteiger partial charge in [-0.25, -0.2) is 13.4 Å². The molecule has 2 saturated heterocycles. The summed E-state index contributed by atoms with van der Waals surface area (Å²) in [5, 5.41) is 0. The molecule has 144 valence electrons. The lowest BCUT2D eigenvalue weighted by Gasteiger charge is -2.51. The van der Waals surface area contributed by atoms with Gasteiger partial charge >= 0.3 is 0 Å². The van der Waals surface area contributed by atoms with Gasteiger partial charge in [0.1, 0.15) is 6.10 Å². The van der Waals surface area contributed by atoms with Crippen molar-refractivity contribution in [2.45, 2.75) is 43.3 Å². The molecule has 27 heavy (non-hydrogen) atoms. The molecular weight excluding hydrogens is 366 g/mol. The van der Waals surface area contributed by atoms with Crippen LogP contribution in [0.3, 0.4) is 0 Å². The summed E-state index contributed by atoms with van der Waals surface area (Å²) in [6.07, 6.45) is 6.11. The van der Waals surface area contributed by atoms with Crippen molar-refractivity contribution in [1.29, 1.82) is 0 Å². The maximum Gasteiger partial charge on any atom is 0.243 e. The van der Waals surface area contributed by atoms with Gasteiger partial charge in [0.25, 0.3) is 0 Å². The first-order chi connectivity index (χ1) is 12.9. The minimum absolute atomic E-state index is 0.0541. The van der Waals surface area contributed by atoms with Gasteiger partial charge in [0.2, 0.25) is 15.9 Å². The molecule has 0 amide bonds. The second-order valence-electron chi connectivity index (χ2n) is 7.40. The summed E-state index contributed by atoms with van der Waals surface area (Å²) in [5.41, 5.74) is 1.40. The van der Waals surface area contributed by atoms with Crippen LogP contribution in [-0.4, -0.2) is 54.1 Å². The van der Waals surface area contributed by atoms with Gasteiger partial charge in [-0.1, -0.05) is 6.07 Å². The molecule has 3 heterocycles. The molecule has 1 aromatic carbocycles. The first-order valence-electron chi connectivity index (χ1n) is 9.01. The van der Waals surface area contributed by atoms with Gasteiger partial charge in [-0.05, 0) is 37.1 Å². The molecule has 2 aliphatic heterocycles. The number of ether oxygens (including phenoxy) is 2.